The first kappa shape index (κ1) is 28.8. The lowest BCUT2D eigenvalue weighted by Gasteiger charge is -2.45. The number of imide groups is 1. The number of likely N-dealkylation sites (tertiary alicyclic amines) is 1. The average Bonchev–Trinajstić information content (AvgIpc) is 3.21. The molecule has 214 valence electrons. The molecule has 1 aromatic heterocycles. The van der Waals surface area contributed by atoms with E-state index in [4.69, 9.17) is 24.4 Å². The van der Waals surface area contributed by atoms with E-state index < -0.39 is 21.6 Å². The molecule has 2 aromatic rings. The quantitative estimate of drug-likeness (QED) is 0.389. The SMILES string of the molecule is COc1cc2nc(N3CCCC(N4C(=O)CC5(CCCC5OS(C)(=O)=O)CC4=O)C3)nc(N)c2cc1OC.O. The van der Waals surface area contributed by atoms with Crippen LogP contribution < -0.4 is 20.1 Å². The van der Waals surface area contributed by atoms with Crippen LogP contribution in [0.4, 0.5) is 11.8 Å². The van der Waals surface area contributed by atoms with Crippen molar-refractivity contribution in [3.63, 3.8) is 0 Å². The number of methoxy groups -OCH3 is 2. The Bertz CT molecular complexity index is 1370. The summed E-state index contributed by atoms with van der Waals surface area (Å²) in [6.07, 6.45) is 3.76. The number of aromatic nitrogens is 2. The van der Waals surface area contributed by atoms with Crippen molar-refractivity contribution in [1.82, 2.24) is 14.9 Å². The molecular weight excluding hydrogens is 530 g/mol. The Morgan fingerprint density at radius 1 is 1.03 bits per heavy atom. The highest BCUT2D eigenvalue weighted by Crippen LogP contribution is 2.49. The smallest absolute Gasteiger partial charge is 0.264 e. The Kier molecular flexibility index (Phi) is 7.92. The molecule has 3 fully saturated rings. The van der Waals surface area contributed by atoms with E-state index in [2.05, 4.69) is 4.98 Å². The number of nitrogens with zero attached hydrogens (tertiary/aromatic N) is 4. The number of fused-ring (bicyclic) bond motifs is 1. The van der Waals surface area contributed by atoms with Gasteiger partial charge in [-0.3, -0.25) is 18.7 Å². The van der Waals surface area contributed by atoms with Gasteiger partial charge in [0, 0.05) is 42.8 Å². The number of carbonyl (C=O) groups is 2. The second kappa shape index (κ2) is 10.7. The van der Waals surface area contributed by atoms with Gasteiger partial charge in [-0.2, -0.15) is 13.4 Å². The van der Waals surface area contributed by atoms with Gasteiger partial charge in [-0.1, -0.05) is 6.42 Å². The predicted octanol–water partition coefficient (Wildman–Crippen LogP) is 1.04. The van der Waals surface area contributed by atoms with Crippen molar-refractivity contribution in [2.45, 2.75) is 57.1 Å². The molecule has 1 saturated carbocycles. The molecule has 1 spiro atoms. The largest absolute Gasteiger partial charge is 0.493 e. The minimum absolute atomic E-state index is 0. The van der Waals surface area contributed by atoms with Crippen molar-refractivity contribution in [2.24, 2.45) is 5.41 Å². The van der Waals surface area contributed by atoms with E-state index in [-0.39, 0.29) is 36.2 Å². The van der Waals surface area contributed by atoms with E-state index >= 15 is 0 Å². The number of hydrogen-bond donors (Lipinski definition) is 1. The molecule has 1 aliphatic carbocycles. The average molecular weight is 566 g/mol. The zero-order chi connectivity index (χ0) is 27.2. The maximum Gasteiger partial charge on any atom is 0.264 e. The standard InChI is InChI=1S/C25H33N5O7S.H2O/c1-35-18-10-16-17(11-19(18)36-2)27-24(28-23(16)26)29-9-5-6-15(14-29)30-21(31)12-25(13-22(30)32)8-4-7-20(25)37-38(3,33)34;/h10-11,15,20H,4-9,12-14H2,1-3H3,(H2,26,27,28);1H2. The Labute approximate surface area is 227 Å². The maximum absolute atomic E-state index is 13.4. The van der Waals surface area contributed by atoms with Crippen molar-refractivity contribution in [2.75, 3.05) is 44.2 Å². The summed E-state index contributed by atoms with van der Waals surface area (Å²) in [6.45, 7) is 1.03. The highest BCUT2D eigenvalue weighted by molar-refractivity contribution is 7.86. The monoisotopic (exact) mass is 565 g/mol. The highest BCUT2D eigenvalue weighted by Gasteiger charge is 2.53. The van der Waals surface area contributed by atoms with Gasteiger partial charge in [0.05, 0.1) is 38.1 Å². The molecule has 2 amide bonds. The summed E-state index contributed by atoms with van der Waals surface area (Å²) in [5.74, 6) is 1.17. The summed E-state index contributed by atoms with van der Waals surface area (Å²) in [6, 6.07) is 3.13. The molecule has 13 nitrogen and oxygen atoms in total. The number of amides is 2. The first-order valence-corrected chi connectivity index (χ1v) is 14.5. The first-order valence-electron chi connectivity index (χ1n) is 12.7. The minimum Gasteiger partial charge on any atom is -0.493 e. The third-order valence-electron chi connectivity index (χ3n) is 7.92. The molecular formula is C25H35N5O8S. The zero-order valence-electron chi connectivity index (χ0n) is 22.3. The van der Waals surface area contributed by atoms with Crippen molar-refractivity contribution in [3.8, 4) is 11.5 Å². The molecule has 39 heavy (non-hydrogen) atoms. The van der Waals surface area contributed by atoms with Crippen molar-refractivity contribution < 1.29 is 37.1 Å². The summed E-state index contributed by atoms with van der Waals surface area (Å²) in [5.41, 5.74) is 6.11. The number of carbonyl (C=O) groups excluding carboxylic acids is 2. The van der Waals surface area contributed by atoms with E-state index in [1.807, 2.05) is 4.90 Å². The fourth-order valence-corrected chi connectivity index (χ4v) is 6.93. The molecule has 2 saturated heterocycles. The van der Waals surface area contributed by atoms with Crippen molar-refractivity contribution in [1.29, 1.82) is 0 Å². The second-order valence-corrected chi connectivity index (χ2v) is 12.0. The topological polar surface area (TPSA) is 186 Å². The van der Waals surface area contributed by atoms with Gasteiger partial charge in [-0.15, -0.1) is 0 Å². The van der Waals surface area contributed by atoms with Crippen LogP contribution in [-0.2, 0) is 23.9 Å². The molecule has 2 unspecified atom stereocenters. The summed E-state index contributed by atoms with van der Waals surface area (Å²) >= 11 is 0. The molecule has 2 atom stereocenters. The van der Waals surface area contributed by atoms with Crippen LogP contribution in [0.15, 0.2) is 12.1 Å². The lowest BCUT2D eigenvalue weighted by Crippen LogP contribution is -2.58. The Balaban J connectivity index is 0.00000353. The fourth-order valence-electron chi connectivity index (χ4n) is 6.21. The van der Waals surface area contributed by atoms with Gasteiger partial charge in [0.25, 0.3) is 10.1 Å². The molecule has 5 rings (SSSR count). The Morgan fingerprint density at radius 3 is 2.33 bits per heavy atom. The first-order chi connectivity index (χ1) is 18.0. The third kappa shape index (κ3) is 5.45. The van der Waals surface area contributed by atoms with E-state index in [1.165, 1.54) is 4.90 Å². The van der Waals surface area contributed by atoms with Crippen LogP contribution >= 0.6 is 0 Å². The van der Waals surface area contributed by atoms with Gasteiger partial charge in [-0.05, 0) is 31.7 Å². The summed E-state index contributed by atoms with van der Waals surface area (Å²) in [4.78, 5) is 39.3. The van der Waals surface area contributed by atoms with Crippen LogP contribution in [0.3, 0.4) is 0 Å². The van der Waals surface area contributed by atoms with E-state index in [9.17, 15) is 18.0 Å². The number of anilines is 2. The molecule has 3 aliphatic rings. The number of hydrogen-bond acceptors (Lipinski definition) is 11. The lowest BCUT2D eigenvalue weighted by molar-refractivity contribution is -0.159. The number of benzene rings is 1. The number of piperidine rings is 2. The molecule has 0 bridgehead atoms. The van der Waals surface area contributed by atoms with E-state index in [0.717, 1.165) is 19.1 Å². The molecule has 4 N–H and O–H groups in total. The van der Waals surface area contributed by atoms with Gasteiger partial charge >= 0.3 is 0 Å². The van der Waals surface area contributed by atoms with Gasteiger partial charge in [0.15, 0.2) is 11.5 Å². The number of rotatable bonds is 6. The van der Waals surface area contributed by atoms with Gasteiger partial charge in [0.1, 0.15) is 5.82 Å². The van der Waals surface area contributed by atoms with Gasteiger partial charge < -0.3 is 25.6 Å². The van der Waals surface area contributed by atoms with Crippen LogP contribution in [0, 0.1) is 5.41 Å². The van der Waals surface area contributed by atoms with Crippen LogP contribution in [0.5, 0.6) is 11.5 Å². The molecule has 1 aromatic carbocycles. The van der Waals surface area contributed by atoms with Crippen LogP contribution in [0.25, 0.3) is 10.9 Å². The summed E-state index contributed by atoms with van der Waals surface area (Å²) < 4.78 is 39.7. The molecule has 14 heteroatoms. The second-order valence-electron chi connectivity index (χ2n) is 10.4. The third-order valence-corrected chi connectivity index (χ3v) is 8.50. The van der Waals surface area contributed by atoms with Crippen LogP contribution in [-0.4, -0.2) is 86.3 Å². The van der Waals surface area contributed by atoms with Gasteiger partial charge in [0.2, 0.25) is 17.8 Å². The molecule has 3 heterocycles. The lowest BCUT2D eigenvalue weighted by atomic mass is 9.74. The maximum atomic E-state index is 13.4. The minimum atomic E-state index is -3.70. The van der Waals surface area contributed by atoms with Crippen molar-refractivity contribution in [3.05, 3.63) is 12.1 Å². The zero-order valence-corrected chi connectivity index (χ0v) is 23.1. The number of nitrogens with two attached hydrogens (primary N) is 1. The highest BCUT2D eigenvalue weighted by atomic mass is 32.2. The molecule has 0 radical (unpaired) electrons. The Hall–Kier alpha value is -3.23. The Morgan fingerprint density at radius 2 is 1.69 bits per heavy atom. The van der Waals surface area contributed by atoms with E-state index in [0.29, 0.717) is 66.5 Å². The fraction of sp³-hybridized carbons (Fsp3) is 0.600. The summed E-state index contributed by atoms with van der Waals surface area (Å²) in [7, 11) is -0.614. The van der Waals surface area contributed by atoms with Crippen LogP contribution in [0.1, 0.15) is 44.9 Å². The number of ether oxygens (including phenoxy) is 2. The van der Waals surface area contributed by atoms with Gasteiger partial charge in [-0.25, -0.2) is 4.98 Å². The molecule has 2 aliphatic heterocycles. The number of nitrogen functional groups attached to an aromatic ring is 1. The van der Waals surface area contributed by atoms with Crippen LogP contribution in [0.2, 0.25) is 0 Å². The summed E-state index contributed by atoms with van der Waals surface area (Å²) in [5, 5.41) is 0.633. The predicted molar refractivity (Wildman–Crippen MR) is 143 cm³/mol. The normalized spacial score (nSPS) is 23.3. The van der Waals surface area contributed by atoms with Crippen molar-refractivity contribution >= 4 is 44.6 Å². The van der Waals surface area contributed by atoms with E-state index in [1.54, 1.807) is 26.4 Å².